The number of nitrogens with one attached hydrogen (secondary N) is 1. The van der Waals surface area contributed by atoms with E-state index in [-0.39, 0.29) is 6.61 Å². The monoisotopic (exact) mass is 980 g/mol. The van der Waals surface area contributed by atoms with Crippen LogP contribution in [0, 0.1) is 0 Å². The minimum Gasteiger partial charge on any atom is -0.394 e. The predicted octanol–water partition coefficient (Wildman–Crippen LogP) is 13.5. The Balaban J connectivity index is 2.17. The third kappa shape index (κ3) is 38.0. The van der Waals surface area contributed by atoms with Gasteiger partial charge in [-0.1, -0.05) is 263 Å². The van der Waals surface area contributed by atoms with Gasteiger partial charge in [-0.25, -0.2) is 0 Å². The molecule has 1 aliphatic heterocycles. The summed E-state index contributed by atoms with van der Waals surface area (Å²) in [6.07, 6.45) is 51.1. The van der Waals surface area contributed by atoms with E-state index in [2.05, 4.69) is 43.5 Å². The Labute approximate surface area is 424 Å². The summed E-state index contributed by atoms with van der Waals surface area (Å²) in [6.45, 7) is 3.70. The largest absolute Gasteiger partial charge is 0.394 e. The Bertz CT molecular complexity index is 1150. The molecule has 1 rings (SSSR count). The molecule has 1 saturated heterocycles. The lowest BCUT2D eigenvalue weighted by atomic mass is 9.99. The first-order valence-corrected chi connectivity index (χ1v) is 29.6. The molecule has 0 aromatic carbocycles. The molecule has 10 nitrogen and oxygen atoms in total. The Kier molecular flexibility index (Phi) is 46.5. The summed E-state index contributed by atoms with van der Waals surface area (Å²) in [4.78, 5) is 13.1. The molecule has 10 heteroatoms. The highest BCUT2D eigenvalue weighted by atomic mass is 16.7. The van der Waals surface area contributed by atoms with Crippen molar-refractivity contribution in [2.24, 2.45) is 0 Å². The second-order valence-electron chi connectivity index (χ2n) is 20.9. The van der Waals surface area contributed by atoms with Gasteiger partial charge in [0.05, 0.1) is 25.4 Å². The molecule has 0 spiro atoms. The maximum absolute atomic E-state index is 13.1. The number of hydrogen-bond donors (Lipinski definition) is 7. The highest BCUT2D eigenvalue weighted by molar-refractivity contribution is 5.80. The van der Waals surface area contributed by atoms with Gasteiger partial charge >= 0.3 is 0 Å². The highest BCUT2D eigenvalue weighted by Gasteiger charge is 2.44. The fourth-order valence-electron chi connectivity index (χ4n) is 9.61. The maximum Gasteiger partial charge on any atom is 0.249 e. The second kappa shape index (κ2) is 48.9. The summed E-state index contributed by atoms with van der Waals surface area (Å²) in [6, 6.07) is -0.893. The number of aliphatic hydroxyl groups excluding tert-OH is 6. The van der Waals surface area contributed by atoms with E-state index in [1.807, 2.05) is 0 Å². The van der Waals surface area contributed by atoms with Crippen molar-refractivity contribution in [1.29, 1.82) is 0 Å². The minimum atomic E-state index is -1.60. The predicted molar refractivity (Wildman–Crippen MR) is 287 cm³/mol. The van der Waals surface area contributed by atoms with E-state index >= 15 is 0 Å². The van der Waals surface area contributed by atoms with Crippen LogP contribution < -0.4 is 5.32 Å². The number of amides is 1. The average molecular weight is 981 g/mol. The molecule has 0 aliphatic carbocycles. The number of rotatable bonds is 51. The van der Waals surface area contributed by atoms with E-state index in [4.69, 9.17) is 9.47 Å². The topological polar surface area (TPSA) is 169 Å². The van der Waals surface area contributed by atoms with Gasteiger partial charge in [0, 0.05) is 0 Å². The Morgan fingerprint density at radius 3 is 1.25 bits per heavy atom. The van der Waals surface area contributed by atoms with Gasteiger partial charge in [0.1, 0.15) is 30.5 Å². The summed E-state index contributed by atoms with van der Waals surface area (Å²) in [7, 11) is 0. The van der Waals surface area contributed by atoms with Crippen LogP contribution in [0.3, 0.4) is 0 Å². The molecular formula is C59H113NO9. The number of allylic oxidation sites excluding steroid dienone is 4. The Hall–Kier alpha value is -1.37. The molecular weight excluding hydrogens is 867 g/mol. The van der Waals surface area contributed by atoms with Crippen LogP contribution in [0.25, 0.3) is 0 Å². The van der Waals surface area contributed by atoms with E-state index < -0.39 is 61.5 Å². The lowest BCUT2D eigenvalue weighted by molar-refractivity contribution is -0.302. The van der Waals surface area contributed by atoms with Gasteiger partial charge in [0.2, 0.25) is 5.91 Å². The fourth-order valence-corrected chi connectivity index (χ4v) is 9.61. The Morgan fingerprint density at radius 2 is 0.855 bits per heavy atom. The van der Waals surface area contributed by atoms with Crippen molar-refractivity contribution in [3.63, 3.8) is 0 Å². The summed E-state index contributed by atoms with van der Waals surface area (Å²) in [5, 5.41) is 65.2. The van der Waals surface area contributed by atoms with E-state index in [0.717, 1.165) is 57.8 Å². The van der Waals surface area contributed by atoms with E-state index in [0.29, 0.717) is 12.8 Å². The van der Waals surface area contributed by atoms with Crippen LogP contribution in [0.2, 0.25) is 0 Å². The molecule has 0 aromatic rings. The summed E-state index contributed by atoms with van der Waals surface area (Å²) in [5.74, 6) is -0.581. The molecule has 0 saturated carbocycles. The van der Waals surface area contributed by atoms with Gasteiger partial charge in [-0.05, 0) is 44.9 Å². The van der Waals surface area contributed by atoms with Crippen molar-refractivity contribution in [2.45, 2.75) is 332 Å². The Morgan fingerprint density at radius 1 is 0.493 bits per heavy atom. The van der Waals surface area contributed by atoms with Crippen LogP contribution in [0.15, 0.2) is 24.3 Å². The van der Waals surface area contributed by atoms with Crippen molar-refractivity contribution < 1.29 is 44.9 Å². The fraction of sp³-hybridized carbons (Fsp3) is 0.915. The first-order chi connectivity index (χ1) is 33.8. The lowest BCUT2D eigenvalue weighted by Gasteiger charge is -2.40. The first-order valence-electron chi connectivity index (χ1n) is 29.6. The van der Waals surface area contributed by atoms with Gasteiger partial charge in [-0.2, -0.15) is 0 Å². The quantitative estimate of drug-likeness (QED) is 0.0232. The maximum atomic E-state index is 13.1. The van der Waals surface area contributed by atoms with Crippen molar-refractivity contribution in [2.75, 3.05) is 13.2 Å². The van der Waals surface area contributed by atoms with Gasteiger partial charge in [-0.3, -0.25) is 4.79 Å². The van der Waals surface area contributed by atoms with Gasteiger partial charge in [0.15, 0.2) is 6.29 Å². The third-order valence-electron chi connectivity index (χ3n) is 14.4. The molecule has 0 aromatic heterocycles. The number of hydrogen-bond acceptors (Lipinski definition) is 9. The van der Waals surface area contributed by atoms with Crippen LogP contribution in [0.4, 0.5) is 0 Å². The first kappa shape index (κ1) is 65.6. The molecule has 0 bridgehead atoms. The molecule has 408 valence electrons. The summed E-state index contributed by atoms with van der Waals surface area (Å²) >= 11 is 0. The zero-order valence-corrected chi connectivity index (χ0v) is 44.9. The van der Waals surface area contributed by atoms with Gasteiger partial charge in [0.25, 0.3) is 0 Å². The average Bonchev–Trinajstić information content (AvgIpc) is 3.35. The van der Waals surface area contributed by atoms with Gasteiger partial charge in [-0.15, -0.1) is 0 Å². The van der Waals surface area contributed by atoms with E-state index in [9.17, 15) is 35.4 Å². The SMILES string of the molecule is CCCCCCCCCCC/C=C\C/C=C\CCCCCCCCCCCCCCCCC(O)C(=O)NC(COC1OC(CO)C(O)C(O)C1O)C(O)CCCCCCCCCCCCCCCC. The van der Waals surface area contributed by atoms with Crippen molar-refractivity contribution in [3.05, 3.63) is 24.3 Å². The number of unbranched alkanes of at least 4 members (excludes halogenated alkanes) is 36. The molecule has 1 heterocycles. The number of aliphatic hydroxyl groups is 6. The number of ether oxygens (including phenoxy) is 2. The minimum absolute atomic E-state index is 0.253. The summed E-state index contributed by atoms with van der Waals surface area (Å²) < 4.78 is 11.2. The van der Waals surface area contributed by atoms with Gasteiger partial charge < -0.3 is 45.4 Å². The van der Waals surface area contributed by atoms with Crippen LogP contribution >= 0.6 is 0 Å². The molecule has 1 fully saturated rings. The van der Waals surface area contributed by atoms with Crippen molar-refractivity contribution in [1.82, 2.24) is 5.32 Å². The molecule has 1 amide bonds. The second-order valence-corrected chi connectivity index (χ2v) is 20.9. The standard InChI is InChI=1S/C59H113NO9/c1-3-5-7-9-11-13-15-17-19-20-21-22-23-24-25-26-27-28-29-30-31-32-33-34-36-38-40-42-44-46-48-53(63)58(67)60-51(50-68-59-57(66)56(65)55(64)54(49-61)69-59)52(62)47-45-43-41-39-37-35-18-16-14-12-10-8-6-4-2/h21-22,24-25,51-57,59,61-66H,3-20,23,26-50H2,1-2H3,(H,60,67)/b22-21-,25-24-. The summed E-state index contributed by atoms with van der Waals surface area (Å²) in [5.41, 5.74) is 0. The molecule has 8 unspecified atom stereocenters. The number of carbonyl (C=O) groups is 1. The van der Waals surface area contributed by atoms with Crippen LogP contribution in [0.5, 0.6) is 0 Å². The van der Waals surface area contributed by atoms with Crippen LogP contribution in [-0.2, 0) is 14.3 Å². The number of carbonyl (C=O) groups excluding carboxylic acids is 1. The normalized spacial score (nSPS) is 20.0. The molecule has 69 heavy (non-hydrogen) atoms. The van der Waals surface area contributed by atoms with Crippen LogP contribution in [0.1, 0.15) is 284 Å². The molecule has 0 radical (unpaired) electrons. The lowest BCUT2D eigenvalue weighted by Crippen LogP contribution is -2.60. The molecule has 1 aliphatic rings. The van der Waals surface area contributed by atoms with E-state index in [1.165, 1.54) is 199 Å². The zero-order chi connectivity index (χ0) is 50.3. The van der Waals surface area contributed by atoms with Crippen molar-refractivity contribution in [3.8, 4) is 0 Å². The molecule has 8 atom stereocenters. The van der Waals surface area contributed by atoms with Crippen LogP contribution in [-0.4, -0.2) is 98.7 Å². The third-order valence-corrected chi connectivity index (χ3v) is 14.4. The zero-order valence-electron chi connectivity index (χ0n) is 44.9. The van der Waals surface area contributed by atoms with Crippen molar-refractivity contribution >= 4 is 5.91 Å². The molecule has 7 N–H and O–H groups in total. The highest BCUT2D eigenvalue weighted by Crippen LogP contribution is 2.23. The van der Waals surface area contributed by atoms with E-state index in [1.54, 1.807) is 0 Å². The smallest absolute Gasteiger partial charge is 0.249 e.